The van der Waals surface area contributed by atoms with Crippen LogP contribution in [-0.4, -0.2) is 43.9 Å². The van der Waals surface area contributed by atoms with E-state index in [0.29, 0.717) is 6.61 Å². The summed E-state index contributed by atoms with van der Waals surface area (Å²) in [5.41, 5.74) is 1.02. The third kappa shape index (κ3) is 3.30. The van der Waals surface area contributed by atoms with Crippen LogP contribution in [0, 0.1) is 0 Å². The van der Waals surface area contributed by atoms with E-state index in [-0.39, 0.29) is 12.2 Å². The van der Waals surface area contributed by atoms with Crippen molar-refractivity contribution >= 4 is 0 Å². The number of ether oxygens (including phenoxy) is 4. The Labute approximate surface area is 119 Å². The van der Waals surface area contributed by atoms with Gasteiger partial charge < -0.3 is 24.1 Å². The highest BCUT2D eigenvalue weighted by atomic mass is 16.7. The Hall–Kier alpha value is -1.14. The summed E-state index contributed by atoms with van der Waals surface area (Å²) in [4.78, 5) is 0. The van der Waals surface area contributed by atoms with E-state index in [1.165, 1.54) is 7.11 Å². The Balaban J connectivity index is 1.94. The zero-order valence-electron chi connectivity index (χ0n) is 12.1. The Bertz CT molecular complexity index is 403. The van der Waals surface area contributed by atoms with Gasteiger partial charge in [-0.05, 0) is 24.1 Å². The molecule has 1 fully saturated rings. The fourth-order valence-electron chi connectivity index (χ4n) is 2.35. The average Bonchev–Trinajstić information content (AvgIpc) is 2.81. The van der Waals surface area contributed by atoms with Gasteiger partial charge in [-0.2, -0.15) is 0 Å². The molecule has 0 spiro atoms. The maximum atomic E-state index is 10.1. The first-order valence-corrected chi connectivity index (χ1v) is 6.80. The van der Waals surface area contributed by atoms with E-state index in [2.05, 4.69) is 0 Å². The van der Waals surface area contributed by atoms with Crippen LogP contribution in [0.4, 0.5) is 0 Å². The van der Waals surface area contributed by atoms with Crippen molar-refractivity contribution in [3.63, 3.8) is 0 Å². The highest BCUT2D eigenvalue weighted by Gasteiger charge is 2.43. The van der Waals surface area contributed by atoms with Gasteiger partial charge in [0.15, 0.2) is 6.29 Å². The van der Waals surface area contributed by atoms with Crippen LogP contribution >= 0.6 is 0 Å². The van der Waals surface area contributed by atoms with Gasteiger partial charge in [-0.1, -0.05) is 19.1 Å². The zero-order chi connectivity index (χ0) is 14.5. The molecule has 1 aromatic carbocycles. The van der Waals surface area contributed by atoms with Crippen molar-refractivity contribution in [2.45, 2.75) is 44.6 Å². The summed E-state index contributed by atoms with van der Waals surface area (Å²) in [5, 5.41) is 10.1. The SMILES string of the molecule is CC[C@H]1O[C@@H](OC)[C@H](O)[C@H]1OCc1ccc(OC)cc1. The molecule has 1 heterocycles. The topological polar surface area (TPSA) is 57.2 Å². The van der Waals surface area contributed by atoms with Crippen molar-refractivity contribution in [1.82, 2.24) is 0 Å². The van der Waals surface area contributed by atoms with E-state index < -0.39 is 12.4 Å². The molecule has 0 aliphatic carbocycles. The minimum atomic E-state index is -0.761. The summed E-state index contributed by atoms with van der Waals surface area (Å²) in [5.74, 6) is 0.809. The summed E-state index contributed by atoms with van der Waals surface area (Å²) in [6.07, 6.45) is -1.12. The van der Waals surface area contributed by atoms with Gasteiger partial charge in [0.25, 0.3) is 0 Å². The number of aliphatic hydroxyl groups excluding tert-OH is 1. The summed E-state index contributed by atoms with van der Waals surface area (Å²) >= 11 is 0. The van der Waals surface area contributed by atoms with Crippen LogP contribution in [0.3, 0.4) is 0 Å². The molecule has 0 amide bonds. The van der Waals surface area contributed by atoms with Crippen molar-refractivity contribution in [3.8, 4) is 5.75 Å². The molecule has 4 atom stereocenters. The lowest BCUT2D eigenvalue weighted by atomic mass is 10.1. The Morgan fingerprint density at radius 2 is 1.90 bits per heavy atom. The molecule has 0 saturated carbocycles. The summed E-state index contributed by atoms with van der Waals surface area (Å²) in [6.45, 7) is 2.42. The van der Waals surface area contributed by atoms with E-state index in [1.54, 1.807) is 7.11 Å². The molecule has 0 aromatic heterocycles. The second-order valence-corrected chi connectivity index (χ2v) is 4.80. The molecule has 5 nitrogen and oxygen atoms in total. The predicted octanol–water partition coefficient (Wildman–Crippen LogP) is 1.72. The summed E-state index contributed by atoms with van der Waals surface area (Å²) < 4.78 is 21.6. The number of benzene rings is 1. The highest BCUT2D eigenvalue weighted by Crippen LogP contribution is 2.27. The Kier molecular flexibility index (Phi) is 5.37. The van der Waals surface area contributed by atoms with E-state index >= 15 is 0 Å². The highest BCUT2D eigenvalue weighted by molar-refractivity contribution is 5.26. The fourth-order valence-corrected chi connectivity index (χ4v) is 2.35. The molecular weight excluding hydrogens is 260 g/mol. The number of methoxy groups -OCH3 is 2. The molecule has 2 rings (SSSR count). The minimum absolute atomic E-state index is 0.145. The van der Waals surface area contributed by atoms with E-state index in [1.807, 2.05) is 31.2 Å². The predicted molar refractivity (Wildman–Crippen MR) is 73.5 cm³/mol. The molecule has 1 aliphatic rings. The van der Waals surface area contributed by atoms with Gasteiger partial charge in [-0.3, -0.25) is 0 Å². The Morgan fingerprint density at radius 1 is 1.20 bits per heavy atom. The van der Waals surface area contributed by atoms with E-state index in [0.717, 1.165) is 17.7 Å². The lowest BCUT2D eigenvalue weighted by Gasteiger charge is -2.19. The average molecular weight is 282 g/mol. The van der Waals surface area contributed by atoms with E-state index in [4.69, 9.17) is 18.9 Å². The first-order valence-electron chi connectivity index (χ1n) is 6.80. The monoisotopic (exact) mass is 282 g/mol. The number of aliphatic hydroxyl groups is 1. The number of hydrogen-bond acceptors (Lipinski definition) is 5. The van der Waals surface area contributed by atoms with Crippen molar-refractivity contribution in [2.24, 2.45) is 0 Å². The molecule has 1 saturated heterocycles. The molecule has 5 heteroatoms. The molecule has 20 heavy (non-hydrogen) atoms. The normalized spacial score (nSPS) is 29.6. The molecule has 0 bridgehead atoms. The van der Waals surface area contributed by atoms with Crippen molar-refractivity contribution in [3.05, 3.63) is 29.8 Å². The lowest BCUT2D eigenvalue weighted by Crippen LogP contribution is -2.35. The lowest BCUT2D eigenvalue weighted by molar-refractivity contribution is -0.148. The third-order valence-corrected chi connectivity index (χ3v) is 3.53. The second-order valence-electron chi connectivity index (χ2n) is 4.80. The Morgan fingerprint density at radius 3 is 2.45 bits per heavy atom. The first-order chi connectivity index (χ1) is 9.69. The molecule has 112 valence electrons. The van der Waals surface area contributed by atoms with Gasteiger partial charge >= 0.3 is 0 Å². The largest absolute Gasteiger partial charge is 0.497 e. The van der Waals surface area contributed by atoms with Gasteiger partial charge in [0, 0.05) is 7.11 Å². The second kappa shape index (κ2) is 7.04. The summed E-state index contributed by atoms with van der Waals surface area (Å²) in [7, 11) is 3.15. The van der Waals surface area contributed by atoms with Crippen LogP contribution in [0.5, 0.6) is 5.75 Å². The summed E-state index contributed by atoms with van der Waals surface area (Å²) in [6, 6.07) is 7.65. The van der Waals surface area contributed by atoms with Crippen molar-refractivity contribution in [1.29, 1.82) is 0 Å². The smallest absolute Gasteiger partial charge is 0.186 e. The van der Waals surface area contributed by atoms with Gasteiger partial charge in [0.2, 0.25) is 0 Å². The van der Waals surface area contributed by atoms with Gasteiger partial charge in [-0.25, -0.2) is 0 Å². The molecule has 0 unspecified atom stereocenters. The zero-order valence-corrected chi connectivity index (χ0v) is 12.1. The van der Waals surface area contributed by atoms with Crippen LogP contribution in [-0.2, 0) is 20.8 Å². The number of rotatable bonds is 6. The van der Waals surface area contributed by atoms with Crippen molar-refractivity contribution in [2.75, 3.05) is 14.2 Å². The molecule has 1 N–H and O–H groups in total. The molecule has 0 radical (unpaired) electrons. The first kappa shape index (κ1) is 15.3. The van der Waals surface area contributed by atoms with Crippen LogP contribution in [0.2, 0.25) is 0 Å². The van der Waals surface area contributed by atoms with Gasteiger partial charge in [0.1, 0.15) is 18.0 Å². The molecule has 1 aromatic rings. The van der Waals surface area contributed by atoms with Crippen molar-refractivity contribution < 1.29 is 24.1 Å². The third-order valence-electron chi connectivity index (χ3n) is 3.53. The van der Waals surface area contributed by atoms with Crippen LogP contribution in [0.25, 0.3) is 0 Å². The standard InChI is InChI=1S/C15H22O5/c1-4-12-14(13(16)15(18-3)20-12)19-9-10-5-7-11(17-2)8-6-10/h5-8,12-16H,4,9H2,1-3H3/t12-,13-,14+,15-/m1/s1. The maximum Gasteiger partial charge on any atom is 0.186 e. The fraction of sp³-hybridized carbons (Fsp3) is 0.600. The van der Waals surface area contributed by atoms with Crippen LogP contribution in [0.1, 0.15) is 18.9 Å². The number of hydrogen-bond donors (Lipinski definition) is 1. The maximum absolute atomic E-state index is 10.1. The quantitative estimate of drug-likeness (QED) is 0.861. The molecular formula is C15H22O5. The van der Waals surface area contributed by atoms with Gasteiger partial charge in [-0.15, -0.1) is 0 Å². The molecule has 1 aliphatic heterocycles. The van der Waals surface area contributed by atoms with E-state index in [9.17, 15) is 5.11 Å². The van der Waals surface area contributed by atoms with Crippen LogP contribution < -0.4 is 4.74 Å². The van der Waals surface area contributed by atoms with Crippen LogP contribution in [0.15, 0.2) is 24.3 Å². The minimum Gasteiger partial charge on any atom is -0.497 e. The van der Waals surface area contributed by atoms with Gasteiger partial charge in [0.05, 0.1) is 19.8 Å².